The molecular weight excluding hydrogens is 440 g/mol. The molecule has 1 aromatic heterocycles. The number of thiazole rings is 1. The summed E-state index contributed by atoms with van der Waals surface area (Å²) in [5, 5.41) is 5.72. The van der Waals surface area contributed by atoms with Crippen molar-refractivity contribution in [3.8, 4) is 11.3 Å². The lowest BCUT2D eigenvalue weighted by Gasteiger charge is -2.22. The number of aromatic nitrogens is 1. The van der Waals surface area contributed by atoms with Crippen LogP contribution in [0.15, 0.2) is 57.1 Å². The van der Waals surface area contributed by atoms with E-state index in [1.54, 1.807) is 12.1 Å². The number of carbonyl (C=O) groups excluding carboxylic acids is 1. The number of aryl methyl sites for hydroxylation is 1. The molecule has 2 aliphatic heterocycles. The normalized spacial score (nSPS) is 16.6. The van der Waals surface area contributed by atoms with Crippen LogP contribution < -0.4 is 10.2 Å². The fraction of sp³-hybridized carbons (Fsp3) is 0.150. The molecule has 2 aliphatic rings. The molecule has 0 atom stereocenters. The first kappa shape index (κ1) is 19.3. The number of fused-ring (bicyclic) bond motifs is 3. The number of hydrogen-bond donors (Lipinski definition) is 1. The van der Waals surface area contributed by atoms with Crippen molar-refractivity contribution in [3.63, 3.8) is 0 Å². The van der Waals surface area contributed by atoms with E-state index in [1.165, 1.54) is 28.7 Å². The molecule has 0 spiro atoms. The number of nitrogens with zero attached hydrogens (tertiary/aromatic N) is 3. The van der Waals surface area contributed by atoms with Gasteiger partial charge in [0, 0.05) is 27.9 Å². The van der Waals surface area contributed by atoms with Gasteiger partial charge in [-0.1, -0.05) is 29.8 Å². The SMILES string of the molecule is Cc1ccc(-c2csc(NC(=O)c3ccc4c(c3)SC3=NS(=O)(=O)CCN34)n2)cc1. The van der Waals surface area contributed by atoms with Crippen LogP contribution in [0.25, 0.3) is 11.3 Å². The summed E-state index contributed by atoms with van der Waals surface area (Å²) in [6.45, 7) is 2.40. The summed E-state index contributed by atoms with van der Waals surface area (Å²) < 4.78 is 27.3. The summed E-state index contributed by atoms with van der Waals surface area (Å²) in [4.78, 5) is 19.9. The van der Waals surface area contributed by atoms with Crippen molar-refractivity contribution in [3.05, 3.63) is 59.0 Å². The van der Waals surface area contributed by atoms with Crippen molar-refractivity contribution in [2.24, 2.45) is 4.40 Å². The average Bonchev–Trinajstić information content (AvgIpc) is 3.30. The first-order valence-electron chi connectivity index (χ1n) is 9.14. The summed E-state index contributed by atoms with van der Waals surface area (Å²) in [5.41, 5.74) is 4.35. The number of anilines is 2. The van der Waals surface area contributed by atoms with E-state index in [4.69, 9.17) is 0 Å². The molecule has 0 saturated carbocycles. The first-order chi connectivity index (χ1) is 14.4. The second kappa shape index (κ2) is 7.22. The van der Waals surface area contributed by atoms with E-state index < -0.39 is 10.0 Å². The van der Waals surface area contributed by atoms with E-state index in [1.807, 2.05) is 47.5 Å². The van der Waals surface area contributed by atoms with E-state index in [0.717, 1.165) is 21.8 Å². The third kappa shape index (κ3) is 3.62. The fourth-order valence-electron chi connectivity index (χ4n) is 3.23. The Morgan fingerprint density at radius 3 is 2.77 bits per heavy atom. The number of rotatable bonds is 3. The van der Waals surface area contributed by atoms with Crippen LogP contribution in [-0.2, 0) is 10.0 Å². The minimum atomic E-state index is -3.41. The van der Waals surface area contributed by atoms with Gasteiger partial charge < -0.3 is 4.90 Å². The van der Waals surface area contributed by atoms with Gasteiger partial charge in [-0.15, -0.1) is 15.7 Å². The molecule has 2 aromatic carbocycles. The van der Waals surface area contributed by atoms with Gasteiger partial charge in [0.15, 0.2) is 10.3 Å². The maximum Gasteiger partial charge on any atom is 0.257 e. The van der Waals surface area contributed by atoms with Gasteiger partial charge in [-0.2, -0.15) is 0 Å². The van der Waals surface area contributed by atoms with Crippen LogP contribution in [0.3, 0.4) is 0 Å². The lowest BCUT2D eigenvalue weighted by Crippen LogP contribution is -2.35. The Morgan fingerprint density at radius 2 is 1.97 bits per heavy atom. The smallest absolute Gasteiger partial charge is 0.257 e. The largest absolute Gasteiger partial charge is 0.318 e. The maximum atomic E-state index is 12.7. The highest BCUT2D eigenvalue weighted by Gasteiger charge is 2.33. The minimum absolute atomic E-state index is 0.00784. The van der Waals surface area contributed by atoms with Crippen molar-refractivity contribution in [1.29, 1.82) is 0 Å². The van der Waals surface area contributed by atoms with Crippen LogP contribution >= 0.6 is 23.1 Å². The number of hydrogen-bond acceptors (Lipinski definition) is 7. The second-order valence-corrected chi connectivity index (χ2v) is 10.6. The predicted octanol–water partition coefficient (Wildman–Crippen LogP) is 3.98. The highest BCUT2D eigenvalue weighted by atomic mass is 32.2. The number of sulfonamides is 1. The van der Waals surface area contributed by atoms with E-state index in [0.29, 0.717) is 22.4 Å². The van der Waals surface area contributed by atoms with Crippen LogP contribution in [0.5, 0.6) is 0 Å². The summed E-state index contributed by atoms with van der Waals surface area (Å²) in [7, 11) is -3.41. The highest BCUT2D eigenvalue weighted by Crippen LogP contribution is 2.42. The van der Waals surface area contributed by atoms with Crippen molar-refractivity contribution < 1.29 is 13.2 Å². The van der Waals surface area contributed by atoms with Gasteiger partial charge in [-0.05, 0) is 36.9 Å². The number of amides is 1. The molecule has 1 amide bonds. The van der Waals surface area contributed by atoms with Crippen molar-refractivity contribution in [1.82, 2.24) is 4.98 Å². The van der Waals surface area contributed by atoms with E-state index in [-0.39, 0.29) is 11.7 Å². The van der Waals surface area contributed by atoms with Crippen LogP contribution in [0.2, 0.25) is 0 Å². The number of amidine groups is 1. The zero-order valence-electron chi connectivity index (χ0n) is 15.8. The fourth-order valence-corrected chi connectivity index (χ4v) is 6.24. The minimum Gasteiger partial charge on any atom is -0.318 e. The van der Waals surface area contributed by atoms with Gasteiger partial charge in [0.05, 0.1) is 17.1 Å². The summed E-state index contributed by atoms with van der Waals surface area (Å²) in [6, 6.07) is 13.4. The van der Waals surface area contributed by atoms with Crippen molar-refractivity contribution in [2.75, 3.05) is 22.5 Å². The Kier molecular flexibility index (Phi) is 4.64. The average molecular weight is 457 g/mol. The topological polar surface area (TPSA) is 91.7 Å². The maximum absolute atomic E-state index is 12.7. The summed E-state index contributed by atoms with van der Waals surface area (Å²) in [5.74, 6) is -0.269. The number of carbonyl (C=O) groups is 1. The predicted molar refractivity (Wildman–Crippen MR) is 121 cm³/mol. The molecule has 5 rings (SSSR count). The molecule has 152 valence electrons. The van der Waals surface area contributed by atoms with Crippen LogP contribution in [0, 0.1) is 6.92 Å². The standard InChI is InChI=1S/C20H16N4O3S3/c1-12-2-4-13(5-3-12)15-11-28-19(21-15)22-18(25)14-6-7-16-17(10-14)29-20-23-30(26,27)9-8-24(16)20/h2-7,10-11H,8-9H2,1H3,(H,21,22,25). The molecule has 0 fully saturated rings. The molecule has 0 bridgehead atoms. The number of benzene rings is 2. The van der Waals surface area contributed by atoms with Gasteiger partial charge in [-0.3, -0.25) is 10.1 Å². The molecule has 0 radical (unpaired) electrons. The third-order valence-corrected chi connectivity index (χ3v) is 7.87. The molecular formula is C20H16N4O3S3. The van der Waals surface area contributed by atoms with Gasteiger partial charge in [0.2, 0.25) is 0 Å². The summed E-state index contributed by atoms with van der Waals surface area (Å²) in [6.07, 6.45) is 0. The molecule has 0 saturated heterocycles. The van der Waals surface area contributed by atoms with Crippen LogP contribution in [0.1, 0.15) is 15.9 Å². The van der Waals surface area contributed by atoms with Crippen LogP contribution in [0.4, 0.5) is 10.8 Å². The van der Waals surface area contributed by atoms with Crippen LogP contribution in [-0.4, -0.2) is 36.8 Å². The molecule has 3 aromatic rings. The molecule has 1 N–H and O–H groups in total. The van der Waals surface area contributed by atoms with Gasteiger partial charge in [-0.25, -0.2) is 13.4 Å². The monoisotopic (exact) mass is 456 g/mol. The molecule has 3 heterocycles. The Balaban J connectivity index is 1.35. The zero-order chi connectivity index (χ0) is 20.9. The third-order valence-electron chi connectivity index (χ3n) is 4.81. The quantitative estimate of drug-likeness (QED) is 0.641. The summed E-state index contributed by atoms with van der Waals surface area (Å²) >= 11 is 2.64. The number of nitrogens with one attached hydrogen (secondary N) is 1. The second-order valence-electron chi connectivity index (χ2n) is 6.95. The van der Waals surface area contributed by atoms with E-state index >= 15 is 0 Å². The highest BCUT2D eigenvalue weighted by molar-refractivity contribution is 8.15. The lowest BCUT2D eigenvalue weighted by molar-refractivity contribution is 0.102. The molecule has 7 nitrogen and oxygen atoms in total. The zero-order valence-corrected chi connectivity index (χ0v) is 18.3. The Bertz CT molecular complexity index is 1300. The number of thioether (sulfide) groups is 1. The van der Waals surface area contributed by atoms with Gasteiger partial charge in [0.1, 0.15) is 0 Å². The Labute approximate surface area is 181 Å². The first-order valence-corrected chi connectivity index (χ1v) is 12.4. The lowest BCUT2D eigenvalue weighted by atomic mass is 10.1. The molecule has 10 heteroatoms. The van der Waals surface area contributed by atoms with Gasteiger partial charge >= 0.3 is 0 Å². The Morgan fingerprint density at radius 1 is 1.17 bits per heavy atom. The van der Waals surface area contributed by atoms with Crippen molar-refractivity contribution >= 4 is 55.0 Å². The molecule has 30 heavy (non-hydrogen) atoms. The molecule has 0 unspecified atom stereocenters. The van der Waals surface area contributed by atoms with E-state index in [2.05, 4.69) is 14.7 Å². The Hall–Kier alpha value is -2.69. The van der Waals surface area contributed by atoms with Crippen molar-refractivity contribution in [2.45, 2.75) is 11.8 Å². The molecule has 0 aliphatic carbocycles. The van der Waals surface area contributed by atoms with Gasteiger partial charge in [0.25, 0.3) is 15.9 Å². The van der Waals surface area contributed by atoms with E-state index in [9.17, 15) is 13.2 Å².